The van der Waals surface area contributed by atoms with E-state index in [9.17, 15) is 25.2 Å². The molecule has 7 nitrogen and oxygen atoms in total. The standard InChI is InChI=1S/C18H27ClN6OP.F6P/c19-16-7-8-17-18(15-16)25(21-20-17)26-27(22-9-1-2-10-22,23-11-3-4-12-23)24-13-5-6-14-24;1-7(2,3,4,5)6/h7-8,15H,1-6,9-14H2;/q+1;-1. The molecule has 2 aromatic rings. The first kappa shape index (κ1) is 26.1. The van der Waals surface area contributed by atoms with Crippen LogP contribution in [-0.4, -0.2) is 68.4 Å². The summed E-state index contributed by atoms with van der Waals surface area (Å²) in [4.78, 5) is 1.66. The van der Waals surface area contributed by atoms with Crippen LogP contribution < -0.4 is 4.62 Å². The number of halogens is 7. The summed E-state index contributed by atoms with van der Waals surface area (Å²) in [6.45, 7) is 6.63. The van der Waals surface area contributed by atoms with Gasteiger partial charge in [0.2, 0.25) is 0 Å². The van der Waals surface area contributed by atoms with E-state index in [0.717, 1.165) is 50.3 Å². The molecule has 0 unspecified atom stereocenters. The molecule has 0 bridgehead atoms. The van der Waals surface area contributed by atoms with Gasteiger partial charge in [-0.3, -0.25) is 0 Å². The Balaban J connectivity index is 0.000000344. The van der Waals surface area contributed by atoms with Crippen molar-refractivity contribution in [3.05, 3.63) is 23.2 Å². The summed E-state index contributed by atoms with van der Waals surface area (Å²) in [5.41, 5.74) is 1.67. The average Bonchev–Trinajstić information content (AvgIpc) is 3.53. The van der Waals surface area contributed by atoms with E-state index in [1.807, 2.05) is 18.2 Å². The first-order valence-electron chi connectivity index (χ1n) is 11.2. The summed E-state index contributed by atoms with van der Waals surface area (Å²) in [5.74, 6) is 0. The van der Waals surface area contributed by atoms with Gasteiger partial charge in [0.05, 0.1) is 0 Å². The van der Waals surface area contributed by atoms with Gasteiger partial charge in [-0.15, -0.1) is 19.1 Å². The van der Waals surface area contributed by atoms with Crippen LogP contribution in [0.3, 0.4) is 0 Å². The Labute approximate surface area is 198 Å². The average molecular weight is 555 g/mol. The molecule has 34 heavy (non-hydrogen) atoms. The zero-order valence-electron chi connectivity index (χ0n) is 18.3. The fraction of sp³-hybridized carbons (Fsp3) is 0.667. The molecular weight excluding hydrogens is 528 g/mol. The fourth-order valence-corrected chi connectivity index (χ4v) is 8.90. The summed E-state index contributed by atoms with van der Waals surface area (Å²) in [6, 6.07) is 5.67. The van der Waals surface area contributed by atoms with Crippen molar-refractivity contribution in [2.75, 3.05) is 39.3 Å². The van der Waals surface area contributed by atoms with E-state index < -0.39 is 15.8 Å². The molecule has 194 valence electrons. The predicted molar refractivity (Wildman–Crippen MR) is 122 cm³/mol. The van der Waals surface area contributed by atoms with E-state index in [1.54, 1.807) is 4.85 Å². The molecule has 0 radical (unpaired) electrons. The van der Waals surface area contributed by atoms with Gasteiger partial charge in [-0.25, -0.2) is 0 Å². The maximum absolute atomic E-state index is 10.7. The van der Waals surface area contributed by atoms with Gasteiger partial charge in [0.1, 0.15) is 11.0 Å². The van der Waals surface area contributed by atoms with E-state index in [4.69, 9.17) is 16.2 Å². The second-order valence-corrected chi connectivity index (χ2v) is 13.9. The van der Waals surface area contributed by atoms with Gasteiger partial charge >= 0.3 is 40.9 Å². The topological polar surface area (TPSA) is 49.7 Å². The van der Waals surface area contributed by atoms with Gasteiger partial charge in [-0.1, -0.05) is 11.6 Å². The Morgan fingerprint density at radius 1 is 0.765 bits per heavy atom. The van der Waals surface area contributed by atoms with Gasteiger partial charge < -0.3 is 0 Å². The van der Waals surface area contributed by atoms with Crippen LogP contribution in [0.1, 0.15) is 38.5 Å². The second kappa shape index (κ2) is 8.85. The summed E-state index contributed by atoms with van der Waals surface area (Å²) in [5, 5.41) is 9.37. The summed E-state index contributed by atoms with van der Waals surface area (Å²) >= 11 is 6.25. The van der Waals surface area contributed by atoms with Crippen molar-refractivity contribution < 1.29 is 29.8 Å². The normalized spacial score (nSPS) is 23.0. The van der Waals surface area contributed by atoms with Crippen molar-refractivity contribution in [3.8, 4) is 0 Å². The van der Waals surface area contributed by atoms with E-state index in [0.29, 0.717) is 5.02 Å². The van der Waals surface area contributed by atoms with Crippen LogP contribution >= 0.6 is 27.4 Å². The molecule has 0 atom stereocenters. The maximum atomic E-state index is 9.87. The molecule has 0 saturated carbocycles. The fourth-order valence-electron chi connectivity index (χ4n) is 4.61. The number of hydrogen-bond donors (Lipinski definition) is 0. The number of benzene rings is 1. The molecule has 4 heterocycles. The molecule has 1 aromatic carbocycles. The van der Waals surface area contributed by atoms with E-state index in [2.05, 4.69) is 24.3 Å². The van der Waals surface area contributed by atoms with Crippen LogP contribution in [0, 0.1) is 0 Å². The van der Waals surface area contributed by atoms with Crippen LogP contribution in [0.5, 0.6) is 0 Å². The predicted octanol–water partition coefficient (Wildman–Crippen LogP) is 6.86. The van der Waals surface area contributed by atoms with Crippen molar-refractivity contribution in [3.63, 3.8) is 0 Å². The van der Waals surface area contributed by atoms with Crippen LogP contribution in [-0.2, 0) is 0 Å². The third-order valence-electron chi connectivity index (χ3n) is 5.92. The van der Waals surface area contributed by atoms with Crippen molar-refractivity contribution in [2.24, 2.45) is 0 Å². The van der Waals surface area contributed by atoms with Crippen LogP contribution in [0.25, 0.3) is 11.0 Å². The molecule has 0 amide bonds. The number of hydrogen-bond acceptors (Lipinski definition) is 6. The molecule has 3 fully saturated rings. The van der Waals surface area contributed by atoms with E-state index in [-0.39, 0.29) is 0 Å². The molecular formula is C18H27ClF6N6OP2. The van der Waals surface area contributed by atoms with Gasteiger partial charge in [-0.2, -0.15) is 4.62 Å². The van der Waals surface area contributed by atoms with Crippen molar-refractivity contribution in [1.29, 1.82) is 0 Å². The number of nitrogens with zero attached hydrogens (tertiary/aromatic N) is 6. The molecule has 0 N–H and O–H groups in total. The molecule has 3 saturated heterocycles. The monoisotopic (exact) mass is 554 g/mol. The summed E-state index contributed by atoms with van der Waals surface area (Å²) in [7, 11) is -12.8. The number of rotatable bonds is 5. The van der Waals surface area contributed by atoms with Gasteiger partial charge in [0, 0.05) is 44.3 Å². The van der Waals surface area contributed by atoms with Crippen LogP contribution in [0.2, 0.25) is 5.02 Å². The van der Waals surface area contributed by atoms with Crippen LogP contribution in [0.15, 0.2) is 18.2 Å². The SMILES string of the molecule is Clc1ccc2nnn(O[P+](N3CCCC3)(N3CCCC3)N3CCCC3)c2c1.F[P-](F)(F)(F)(F)F. The summed E-state index contributed by atoms with van der Waals surface area (Å²) in [6.07, 6.45) is 7.48. The zero-order chi connectivity index (χ0) is 24.7. The molecule has 16 heteroatoms. The first-order valence-corrected chi connectivity index (χ1v) is 15.1. The van der Waals surface area contributed by atoms with Gasteiger partial charge in [0.15, 0.2) is 0 Å². The van der Waals surface area contributed by atoms with E-state index in [1.165, 1.54) is 38.5 Å². The second-order valence-electron chi connectivity index (χ2n) is 8.63. The molecule has 3 aliphatic rings. The Bertz CT molecular complexity index is 956. The number of fused-ring (bicyclic) bond motifs is 1. The minimum absolute atomic E-state index is 0.683. The quantitative estimate of drug-likeness (QED) is 0.297. The molecule has 0 spiro atoms. The van der Waals surface area contributed by atoms with Crippen molar-refractivity contribution in [1.82, 2.24) is 29.2 Å². The molecule has 5 rings (SSSR count). The Morgan fingerprint density at radius 2 is 1.18 bits per heavy atom. The third kappa shape index (κ3) is 6.62. The molecule has 1 aromatic heterocycles. The molecule has 0 aliphatic carbocycles. The van der Waals surface area contributed by atoms with Crippen LogP contribution in [0.4, 0.5) is 25.2 Å². The first-order chi connectivity index (χ1) is 15.7. The van der Waals surface area contributed by atoms with Crippen molar-refractivity contribution >= 4 is 38.4 Å². The Morgan fingerprint density at radius 3 is 1.59 bits per heavy atom. The van der Waals surface area contributed by atoms with Gasteiger partial charge in [-0.05, 0) is 66.8 Å². The Kier molecular flexibility index (Phi) is 6.80. The van der Waals surface area contributed by atoms with Crippen molar-refractivity contribution in [2.45, 2.75) is 38.5 Å². The number of aromatic nitrogens is 3. The molecule has 3 aliphatic heterocycles. The summed E-state index contributed by atoms with van der Waals surface area (Å²) < 4.78 is 74.0. The third-order valence-corrected chi connectivity index (χ3v) is 9.94. The van der Waals surface area contributed by atoms with Gasteiger partial charge in [0.25, 0.3) is 0 Å². The van der Waals surface area contributed by atoms with E-state index >= 15 is 0 Å². The zero-order valence-corrected chi connectivity index (χ0v) is 20.9. The Hall–Kier alpha value is -0.970. The minimum atomic E-state index is -10.7.